The first kappa shape index (κ1) is 29.8. The molecule has 3 rings (SSSR count). The summed E-state index contributed by atoms with van der Waals surface area (Å²) in [6.07, 6.45) is 0.853. The SMILES string of the molecule is CCS(=O)(=O)Cc1ccc(C(=O)c2ccc(F)cc2C)c(-c2cn(C)c(=O)cc2CNC(=O)OC(C)(C)C)c1. The average Bonchev–Trinajstić information content (AvgIpc) is 2.83. The van der Waals surface area contributed by atoms with Gasteiger partial charge in [-0.25, -0.2) is 17.6 Å². The molecule has 1 heterocycles. The van der Waals surface area contributed by atoms with Crippen LogP contribution >= 0.6 is 0 Å². The molecule has 0 unspecified atom stereocenters. The lowest BCUT2D eigenvalue weighted by Gasteiger charge is -2.21. The minimum atomic E-state index is -3.39. The fraction of sp³-hybridized carbons (Fsp3) is 0.345. The Morgan fingerprint density at radius 2 is 1.69 bits per heavy atom. The van der Waals surface area contributed by atoms with Gasteiger partial charge in [0.25, 0.3) is 5.56 Å². The van der Waals surface area contributed by atoms with E-state index in [0.717, 1.165) is 0 Å². The second-order valence-electron chi connectivity index (χ2n) is 10.4. The maximum absolute atomic E-state index is 13.7. The highest BCUT2D eigenvalue weighted by atomic mass is 32.2. The molecule has 0 bridgehead atoms. The van der Waals surface area contributed by atoms with E-state index in [0.29, 0.717) is 27.8 Å². The number of amides is 1. The molecule has 0 radical (unpaired) electrons. The number of alkyl carbamates (subject to hydrolysis) is 1. The largest absolute Gasteiger partial charge is 0.444 e. The van der Waals surface area contributed by atoms with Crippen LogP contribution in [-0.2, 0) is 33.9 Å². The lowest BCUT2D eigenvalue weighted by Crippen LogP contribution is -2.32. The zero-order valence-electron chi connectivity index (χ0n) is 22.9. The van der Waals surface area contributed by atoms with Gasteiger partial charge >= 0.3 is 6.09 Å². The molecule has 0 fully saturated rings. The predicted molar refractivity (Wildman–Crippen MR) is 148 cm³/mol. The van der Waals surface area contributed by atoms with Crippen molar-refractivity contribution < 1.29 is 27.1 Å². The molecule has 10 heteroatoms. The van der Waals surface area contributed by atoms with Gasteiger partial charge in [-0.05, 0) is 74.2 Å². The first-order valence-corrected chi connectivity index (χ1v) is 14.2. The molecule has 208 valence electrons. The zero-order valence-corrected chi connectivity index (χ0v) is 23.7. The Bertz CT molecular complexity index is 1590. The van der Waals surface area contributed by atoms with Crippen LogP contribution in [0.1, 0.15) is 60.3 Å². The topological polar surface area (TPSA) is 112 Å². The normalized spacial score (nSPS) is 11.8. The summed E-state index contributed by atoms with van der Waals surface area (Å²) in [5, 5.41) is 2.64. The van der Waals surface area contributed by atoms with Gasteiger partial charge in [0.2, 0.25) is 0 Å². The Morgan fingerprint density at radius 3 is 2.31 bits per heavy atom. The number of carbonyl (C=O) groups is 2. The molecule has 39 heavy (non-hydrogen) atoms. The van der Waals surface area contributed by atoms with Crippen molar-refractivity contribution in [1.29, 1.82) is 0 Å². The zero-order chi connectivity index (χ0) is 29.1. The molecule has 0 atom stereocenters. The van der Waals surface area contributed by atoms with E-state index in [1.165, 1.54) is 41.1 Å². The minimum absolute atomic E-state index is 0.0529. The van der Waals surface area contributed by atoms with Gasteiger partial charge in [-0.15, -0.1) is 0 Å². The molecule has 0 aliphatic carbocycles. The Morgan fingerprint density at radius 1 is 1.03 bits per heavy atom. The Balaban J connectivity index is 2.20. The van der Waals surface area contributed by atoms with Crippen LogP contribution in [-0.4, -0.2) is 36.2 Å². The van der Waals surface area contributed by atoms with Crippen molar-refractivity contribution in [1.82, 2.24) is 9.88 Å². The maximum Gasteiger partial charge on any atom is 0.407 e. The van der Waals surface area contributed by atoms with Crippen molar-refractivity contribution in [2.75, 3.05) is 5.75 Å². The fourth-order valence-corrected chi connectivity index (χ4v) is 4.92. The Labute approximate surface area is 227 Å². The van der Waals surface area contributed by atoms with E-state index in [2.05, 4.69) is 5.32 Å². The van der Waals surface area contributed by atoms with Gasteiger partial charge < -0.3 is 14.6 Å². The molecule has 0 spiro atoms. The molecule has 8 nitrogen and oxygen atoms in total. The molecule has 0 aliphatic heterocycles. The lowest BCUT2D eigenvalue weighted by molar-refractivity contribution is 0.0523. The second-order valence-corrected chi connectivity index (χ2v) is 12.7. The number of ketones is 1. The van der Waals surface area contributed by atoms with Crippen molar-refractivity contribution in [2.24, 2.45) is 7.05 Å². The smallest absolute Gasteiger partial charge is 0.407 e. The standard InChI is InChI=1S/C29H33FN2O6S/c1-7-39(36,37)17-19-8-10-23(27(34)22-11-9-21(30)12-18(22)2)24(13-19)25-16-32(6)26(33)14-20(25)15-31-28(35)38-29(3,4)5/h8-14,16H,7,15,17H2,1-6H3,(H,31,35). The maximum atomic E-state index is 13.7. The summed E-state index contributed by atoms with van der Waals surface area (Å²) in [6.45, 7) is 8.27. The third kappa shape index (κ3) is 7.63. The number of nitrogens with one attached hydrogen (secondary N) is 1. The van der Waals surface area contributed by atoms with Gasteiger partial charge in [0.1, 0.15) is 11.4 Å². The molecular formula is C29H33FN2O6S. The van der Waals surface area contributed by atoms with Gasteiger partial charge in [0.15, 0.2) is 15.6 Å². The highest BCUT2D eigenvalue weighted by Gasteiger charge is 2.22. The first-order chi connectivity index (χ1) is 18.1. The summed E-state index contributed by atoms with van der Waals surface area (Å²) < 4.78 is 45.1. The molecule has 0 aliphatic rings. The molecule has 1 N–H and O–H groups in total. The van der Waals surface area contributed by atoms with Crippen LogP contribution in [0.25, 0.3) is 11.1 Å². The fourth-order valence-electron chi connectivity index (χ4n) is 4.02. The molecule has 2 aromatic carbocycles. The molecular weight excluding hydrogens is 523 g/mol. The number of halogens is 1. The van der Waals surface area contributed by atoms with Crippen LogP contribution in [0.4, 0.5) is 9.18 Å². The van der Waals surface area contributed by atoms with Crippen LogP contribution in [0.2, 0.25) is 0 Å². The molecule has 0 saturated heterocycles. The predicted octanol–water partition coefficient (Wildman–Crippen LogP) is 4.69. The number of sulfone groups is 1. The van der Waals surface area contributed by atoms with Crippen LogP contribution in [0.15, 0.2) is 53.5 Å². The number of pyridine rings is 1. The van der Waals surface area contributed by atoms with Crippen LogP contribution in [0.5, 0.6) is 0 Å². The molecule has 1 aromatic heterocycles. The second kappa shape index (κ2) is 11.5. The molecule has 1 amide bonds. The van der Waals surface area contributed by atoms with Crippen molar-refractivity contribution in [3.8, 4) is 11.1 Å². The van der Waals surface area contributed by atoms with Crippen molar-refractivity contribution in [3.63, 3.8) is 0 Å². The van der Waals surface area contributed by atoms with Gasteiger partial charge in [0.05, 0.1) is 5.75 Å². The third-order valence-electron chi connectivity index (χ3n) is 6.01. The number of aromatic nitrogens is 1. The van der Waals surface area contributed by atoms with Crippen LogP contribution in [0, 0.1) is 12.7 Å². The van der Waals surface area contributed by atoms with Gasteiger partial charge in [-0.1, -0.05) is 19.1 Å². The number of hydrogen-bond acceptors (Lipinski definition) is 6. The summed E-state index contributed by atoms with van der Waals surface area (Å²) in [4.78, 5) is 38.6. The van der Waals surface area contributed by atoms with E-state index >= 15 is 0 Å². The number of aryl methyl sites for hydroxylation is 2. The van der Waals surface area contributed by atoms with Gasteiger partial charge in [0, 0.05) is 48.3 Å². The number of nitrogens with zero attached hydrogens (tertiary/aromatic N) is 1. The summed E-state index contributed by atoms with van der Waals surface area (Å²) >= 11 is 0. The minimum Gasteiger partial charge on any atom is -0.444 e. The number of benzene rings is 2. The summed E-state index contributed by atoms with van der Waals surface area (Å²) in [5.74, 6) is -1.16. The summed E-state index contributed by atoms with van der Waals surface area (Å²) in [5.41, 5.74) is 1.58. The molecule has 0 saturated carbocycles. The molecule has 3 aromatic rings. The van der Waals surface area contributed by atoms with Gasteiger partial charge in [-0.2, -0.15) is 0 Å². The monoisotopic (exact) mass is 556 g/mol. The first-order valence-electron chi connectivity index (χ1n) is 12.4. The van der Waals surface area contributed by atoms with Crippen LogP contribution < -0.4 is 10.9 Å². The van der Waals surface area contributed by atoms with Crippen molar-refractivity contribution in [2.45, 2.75) is 52.5 Å². The van der Waals surface area contributed by atoms with E-state index in [1.807, 2.05) is 0 Å². The number of carbonyl (C=O) groups excluding carboxylic acids is 2. The number of rotatable bonds is 8. The Kier molecular flexibility index (Phi) is 8.80. The van der Waals surface area contributed by atoms with E-state index in [-0.39, 0.29) is 34.7 Å². The average molecular weight is 557 g/mol. The van der Waals surface area contributed by atoms with E-state index in [9.17, 15) is 27.2 Å². The summed E-state index contributed by atoms with van der Waals surface area (Å²) in [6, 6.07) is 9.93. The quantitative estimate of drug-likeness (QED) is 0.403. The number of hydrogen-bond donors (Lipinski definition) is 1. The third-order valence-corrected chi connectivity index (χ3v) is 7.67. The Hall–Kier alpha value is -3.79. The number of ether oxygens (including phenoxy) is 1. The van der Waals surface area contributed by atoms with E-state index in [4.69, 9.17) is 4.74 Å². The van der Waals surface area contributed by atoms with Crippen molar-refractivity contribution in [3.05, 3.63) is 92.6 Å². The summed E-state index contributed by atoms with van der Waals surface area (Å²) in [7, 11) is -1.84. The van der Waals surface area contributed by atoms with Gasteiger partial charge in [-0.3, -0.25) is 9.59 Å². The van der Waals surface area contributed by atoms with E-state index in [1.54, 1.807) is 53.8 Å². The van der Waals surface area contributed by atoms with Crippen LogP contribution in [0.3, 0.4) is 0 Å². The van der Waals surface area contributed by atoms with Crippen molar-refractivity contribution >= 4 is 21.7 Å². The van der Waals surface area contributed by atoms with E-state index < -0.39 is 33.1 Å². The highest BCUT2D eigenvalue weighted by molar-refractivity contribution is 7.90. The highest BCUT2D eigenvalue weighted by Crippen LogP contribution is 2.31. The lowest BCUT2D eigenvalue weighted by atomic mass is 9.90.